The van der Waals surface area contributed by atoms with E-state index in [-0.39, 0.29) is 12.5 Å². The van der Waals surface area contributed by atoms with E-state index in [0.29, 0.717) is 24.6 Å². The Kier molecular flexibility index (Phi) is 5.29. The summed E-state index contributed by atoms with van der Waals surface area (Å²) >= 11 is 0. The van der Waals surface area contributed by atoms with Crippen LogP contribution in [0, 0.1) is 0 Å². The van der Waals surface area contributed by atoms with E-state index in [9.17, 15) is 4.79 Å². The van der Waals surface area contributed by atoms with Gasteiger partial charge in [-0.05, 0) is 25.1 Å². The third-order valence-electron chi connectivity index (χ3n) is 2.03. The van der Waals surface area contributed by atoms with Crippen molar-refractivity contribution in [3.05, 3.63) is 18.2 Å². The predicted octanol–water partition coefficient (Wildman–Crippen LogP) is 1.45. The van der Waals surface area contributed by atoms with Crippen LogP contribution in [0.2, 0.25) is 0 Å². The van der Waals surface area contributed by atoms with Crippen LogP contribution >= 0.6 is 0 Å². The van der Waals surface area contributed by atoms with Gasteiger partial charge < -0.3 is 20.5 Å². The molecule has 0 radical (unpaired) electrons. The summed E-state index contributed by atoms with van der Waals surface area (Å²) < 4.78 is 5.44. The average molecular weight is 238 g/mol. The van der Waals surface area contributed by atoms with Crippen LogP contribution in [0.5, 0.6) is 5.75 Å². The van der Waals surface area contributed by atoms with Crippen molar-refractivity contribution in [3.8, 4) is 5.75 Å². The Morgan fingerprint density at radius 2 is 2.24 bits per heavy atom. The number of carbonyl (C=O) groups is 1. The fourth-order valence-corrected chi connectivity index (χ4v) is 1.42. The molecule has 0 aliphatic heterocycles. The summed E-state index contributed by atoms with van der Waals surface area (Å²) in [5.74, 6) is 0.581. The number of aliphatic hydroxyl groups excluding tert-OH is 1. The van der Waals surface area contributed by atoms with E-state index < -0.39 is 0 Å². The fourth-order valence-electron chi connectivity index (χ4n) is 1.42. The number of hydrogen-bond acceptors (Lipinski definition) is 4. The summed E-state index contributed by atoms with van der Waals surface area (Å²) in [6.45, 7) is 4.39. The molecule has 1 aromatic rings. The van der Waals surface area contributed by atoms with Gasteiger partial charge in [-0.15, -0.1) is 0 Å². The summed E-state index contributed by atoms with van der Waals surface area (Å²) in [5, 5.41) is 14.5. The second kappa shape index (κ2) is 6.75. The standard InChI is InChI=1S/C12H18N2O3/c1-3-17-12-5-4-10(14-9(2)16)8-11(12)13-6-7-15/h4-5,8,13,15H,3,6-7H2,1-2H3,(H,14,16). The van der Waals surface area contributed by atoms with E-state index in [1.54, 1.807) is 18.2 Å². The normalized spacial score (nSPS) is 9.82. The largest absolute Gasteiger partial charge is 0.492 e. The highest BCUT2D eigenvalue weighted by Crippen LogP contribution is 2.28. The molecule has 17 heavy (non-hydrogen) atoms. The molecule has 1 rings (SSSR count). The number of anilines is 2. The SMILES string of the molecule is CCOc1ccc(NC(C)=O)cc1NCCO. The number of nitrogens with one attached hydrogen (secondary N) is 2. The first-order valence-electron chi connectivity index (χ1n) is 5.56. The Morgan fingerprint density at radius 1 is 1.47 bits per heavy atom. The quantitative estimate of drug-likeness (QED) is 0.701. The molecule has 0 fully saturated rings. The molecule has 94 valence electrons. The van der Waals surface area contributed by atoms with Gasteiger partial charge in [0.2, 0.25) is 5.91 Å². The van der Waals surface area contributed by atoms with Gasteiger partial charge in [0, 0.05) is 19.2 Å². The summed E-state index contributed by atoms with van der Waals surface area (Å²) in [6, 6.07) is 5.34. The van der Waals surface area contributed by atoms with Gasteiger partial charge in [-0.25, -0.2) is 0 Å². The minimum atomic E-state index is -0.123. The summed E-state index contributed by atoms with van der Waals surface area (Å²) in [6.07, 6.45) is 0. The molecule has 0 spiro atoms. The Morgan fingerprint density at radius 3 is 2.82 bits per heavy atom. The molecule has 0 aliphatic rings. The van der Waals surface area contributed by atoms with Crippen molar-refractivity contribution >= 4 is 17.3 Å². The van der Waals surface area contributed by atoms with Gasteiger partial charge in [-0.1, -0.05) is 0 Å². The number of amides is 1. The van der Waals surface area contributed by atoms with Crippen LogP contribution in [0.4, 0.5) is 11.4 Å². The van der Waals surface area contributed by atoms with Gasteiger partial charge in [-0.2, -0.15) is 0 Å². The third kappa shape index (κ3) is 4.32. The molecule has 0 unspecified atom stereocenters. The first-order valence-corrected chi connectivity index (χ1v) is 5.56. The van der Waals surface area contributed by atoms with E-state index in [1.807, 2.05) is 6.92 Å². The molecule has 3 N–H and O–H groups in total. The number of aliphatic hydroxyl groups is 1. The molecule has 5 nitrogen and oxygen atoms in total. The molecule has 0 heterocycles. The number of benzene rings is 1. The zero-order chi connectivity index (χ0) is 12.7. The van der Waals surface area contributed by atoms with Crippen LogP contribution in [0.25, 0.3) is 0 Å². The van der Waals surface area contributed by atoms with Crippen LogP contribution in [0.3, 0.4) is 0 Å². The van der Waals surface area contributed by atoms with E-state index >= 15 is 0 Å². The number of carbonyl (C=O) groups excluding carboxylic acids is 1. The zero-order valence-electron chi connectivity index (χ0n) is 10.1. The molecular formula is C12H18N2O3. The molecule has 0 aliphatic carbocycles. The van der Waals surface area contributed by atoms with Crippen LogP contribution in [-0.2, 0) is 4.79 Å². The number of rotatable bonds is 6. The maximum absolute atomic E-state index is 10.9. The highest BCUT2D eigenvalue weighted by molar-refractivity contribution is 5.89. The molecule has 0 bridgehead atoms. The lowest BCUT2D eigenvalue weighted by Gasteiger charge is -2.13. The topological polar surface area (TPSA) is 70.6 Å². The van der Waals surface area contributed by atoms with Crippen molar-refractivity contribution in [2.45, 2.75) is 13.8 Å². The average Bonchev–Trinajstić information content (AvgIpc) is 2.28. The van der Waals surface area contributed by atoms with Gasteiger partial charge >= 0.3 is 0 Å². The third-order valence-corrected chi connectivity index (χ3v) is 2.03. The second-order valence-corrected chi connectivity index (χ2v) is 3.48. The molecule has 0 saturated heterocycles. The lowest BCUT2D eigenvalue weighted by atomic mass is 10.2. The summed E-state index contributed by atoms with van der Waals surface area (Å²) in [5.41, 5.74) is 1.45. The molecule has 5 heteroatoms. The van der Waals surface area contributed by atoms with Crippen molar-refractivity contribution in [3.63, 3.8) is 0 Å². The van der Waals surface area contributed by atoms with Gasteiger partial charge in [0.15, 0.2) is 0 Å². The first kappa shape index (κ1) is 13.3. The van der Waals surface area contributed by atoms with E-state index in [1.165, 1.54) is 6.92 Å². The fraction of sp³-hybridized carbons (Fsp3) is 0.417. The maximum atomic E-state index is 10.9. The first-order chi connectivity index (χ1) is 8.17. The minimum Gasteiger partial charge on any atom is -0.492 e. The van der Waals surface area contributed by atoms with E-state index in [0.717, 1.165) is 5.69 Å². The zero-order valence-corrected chi connectivity index (χ0v) is 10.1. The second-order valence-electron chi connectivity index (χ2n) is 3.48. The lowest BCUT2D eigenvalue weighted by Crippen LogP contribution is -2.09. The van der Waals surface area contributed by atoms with Crippen LogP contribution in [0.15, 0.2) is 18.2 Å². The van der Waals surface area contributed by atoms with Gasteiger partial charge in [0.25, 0.3) is 0 Å². The summed E-state index contributed by atoms with van der Waals surface area (Å²) in [4.78, 5) is 10.9. The smallest absolute Gasteiger partial charge is 0.221 e. The van der Waals surface area contributed by atoms with Crippen molar-refractivity contribution < 1.29 is 14.6 Å². The van der Waals surface area contributed by atoms with Crippen LogP contribution < -0.4 is 15.4 Å². The molecule has 0 aromatic heterocycles. The predicted molar refractivity (Wildman–Crippen MR) is 67.5 cm³/mol. The molecule has 0 saturated carbocycles. The molecule has 1 aromatic carbocycles. The number of hydrogen-bond donors (Lipinski definition) is 3. The lowest BCUT2D eigenvalue weighted by molar-refractivity contribution is -0.114. The Bertz CT molecular complexity index is 380. The Hall–Kier alpha value is -1.75. The minimum absolute atomic E-state index is 0.0376. The van der Waals surface area contributed by atoms with Crippen molar-refractivity contribution in [2.75, 3.05) is 30.4 Å². The van der Waals surface area contributed by atoms with Gasteiger partial charge in [-0.3, -0.25) is 4.79 Å². The molecular weight excluding hydrogens is 220 g/mol. The molecule has 1 amide bonds. The number of ether oxygens (including phenoxy) is 1. The highest BCUT2D eigenvalue weighted by atomic mass is 16.5. The van der Waals surface area contributed by atoms with Gasteiger partial charge in [0.1, 0.15) is 5.75 Å². The maximum Gasteiger partial charge on any atom is 0.221 e. The Labute approximate surface area is 101 Å². The van der Waals surface area contributed by atoms with Crippen LogP contribution in [-0.4, -0.2) is 30.8 Å². The van der Waals surface area contributed by atoms with Gasteiger partial charge in [0.05, 0.1) is 18.9 Å². The van der Waals surface area contributed by atoms with Crippen molar-refractivity contribution in [1.29, 1.82) is 0 Å². The summed E-state index contributed by atoms with van der Waals surface area (Å²) in [7, 11) is 0. The Balaban J connectivity index is 2.88. The van der Waals surface area contributed by atoms with E-state index in [2.05, 4.69) is 10.6 Å². The highest BCUT2D eigenvalue weighted by Gasteiger charge is 2.05. The van der Waals surface area contributed by atoms with E-state index in [4.69, 9.17) is 9.84 Å². The van der Waals surface area contributed by atoms with Crippen molar-refractivity contribution in [1.82, 2.24) is 0 Å². The van der Waals surface area contributed by atoms with Crippen molar-refractivity contribution in [2.24, 2.45) is 0 Å². The van der Waals surface area contributed by atoms with Crippen LogP contribution in [0.1, 0.15) is 13.8 Å². The molecule has 0 atom stereocenters. The monoisotopic (exact) mass is 238 g/mol.